The van der Waals surface area contributed by atoms with Gasteiger partial charge in [0.2, 0.25) is 11.9 Å². The highest BCUT2D eigenvalue weighted by atomic mass is 19.4. The van der Waals surface area contributed by atoms with E-state index in [2.05, 4.69) is 25.7 Å². The summed E-state index contributed by atoms with van der Waals surface area (Å²) in [6, 6.07) is 4.54. The normalized spacial score (nSPS) is 18.7. The lowest BCUT2D eigenvalue weighted by Gasteiger charge is -2.39. The van der Waals surface area contributed by atoms with Crippen molar-refractivity contribution < 1.29 is 27.9 Å². The molecular weight excluding hydrogens is 455 g/mol. The van der Waals surface area contributed by atoms with E-state index < -0.39 is 17.7 Å². The standard InChI is InChI=1S/C21H20F3N7O3/c22-21(23,24)12-2-1-3-14(5-12)31-19-15(8-26-31)18(30-9-11(10-30)4-17(33)34)28-20(29-19)27-13-6-16(32)25-7-13/h1-3,5,8,11,13H,4,6-7,9-10H2,(H,25,32)(H,33,34)(H,27,28,29)/t13-/m0/s1. The molecule has 2 aliphatic heterocycles. The number of benzene rings is 1. The zero-order valence-corrected chi connectivity index (χ0v) is 17.7. The lowest BCUT2D eigenvalue weighted by atomic mass is 9.96. The molecule has 3 N–H and O–H groups in total. The predicted octanol–water partition coefficient (Wildman–Crippen LogP) is 2.05. The highest BCUT2D eigenvalue weighted by Gasteiger charge is 2.33. The number of aromatic nitrogens is 4. The summed E-state index contributed by atoms with van der Waals surface area (Å²) in [4.78, 5) is 33.5. The van der Waals surface area contributed by atoms with Crippen molar-refractivity contribution >= 4 is 34.7 Å². The van der Waals surface area contributed by atoms with Crippen LogP contribution < -0.4 is 15.5 Å². The van der Waals surface area contributed by atoms with E-state index in [9.17, 15) is 22.8 Å². The Balaban J connectivity index is 1.54. The van der Waals surface area contributed by atoms with Gasteiger partial charge in [-0.3, -0.25) is 9.59 Å². The third-order valence-electron chi connectivity index (χ3n) is 5.86. The maximum Gasteiger partial charge on any atom is 0.416 e. The number of anilines is 2. The molecule has 13 heteroatoms. The second-order valence-corrected chi connectivity index (χ2v) is 8.43. The number of alkyl halides is 3. The van der Waals surface area contributed by atoms with Crippen molar-refractivity contribution in [2.75, 3.05) is 29.9 Å². The Bertz CT molecular complexity index is 1270. The molecule has 2 aliphatic rings. The van der Waals surface area contributed by atoms with Crippen LogP contribution in [-0.2, 0) is 15.8 Å². The third kappa shape index (κ3) is 4.20. The molecule has 0 saturated carbocycles. The predicted molar refractivity (Wildman–Crippen MR) is 115 cm³/mol. The minimum absolute atomic E-state index is 0.0332. The summed E-state index contributed by atoms with van der Waals surface area (Å²) < 4.78 is 41.1. The summed E-state index contributed by atoms with van der Waals surface area (Å²) in [5.41, 5.74) is -0.327. The first-order valence-corrected chi connectivity index (χ1v) is 10.6. The van der Waals surface area contributed by atoms with Gasteiger partial charge in [0.05, 0.1) is 35.3 Å². The number of amides is 1. The molecule has 0 spiro atoms. The van der Waals surface area contributed by atoms with Gasteiger partial charge in [-0.2, -0.15) is 28.2 Å². The molecular formula is C21H20F3N7O3. The summed E-state index contributed by atoms with van der Waals surface area (Å²) in [6.45, 7) is 1.33. The van der Waals surface area contributed by atoms with Crippen LogP contribution in [0.25, 0.3) is 16.7 Å². The van der Waals surface area contributed by atoms with Crippen molar-refractivity contribution in [3.8, 4) is 5.69 Å². The monoisotopic (exact) mass is 475 g/mol. The number of carboxylic acids is 1. The highest BCUT2D eigenvalue weighted by Crippen LogP contribution is 2.34. The Morgan fingerprint density at radius 1 is 1.26 bits per heavy atom. The number of hydrogen-bond acceptors (Lipinski definition) is 7. The van der Waals surface area contributed by atoms with E-state index in [1.54, 1.807) is 0 Å². The number of halogens is 3. The number of nitrogens with one attached hydrogen (secondary N) is 2. The fourth-order valence-electron chi connectivity index (χ4n) is 4.21. The minimum Gasteiger partial charge on any atom is -0.481 e. The van der Waals surface area contributed by atoms with Gasteiger partial charge in [-0.15, -0.1) is 0 Å². The number of carbonyl (C=O) groups is 2. The maximum absolute atomic E-state index is 13.2. The quantitative estimate of drug-likeness (QED) is 0.495. The van der Waals surface area contributed by atoms with Crippen LogP contribution >= 0.6 is 0 Å². The SMILES string of the molecule is O=C(O)CC1CN(c2nc(N[C@@H]3CNC(=O)C3)nc3c2cnn3-c2cccc(C(F)(F)F)c2)C1. The fourth-order valence-corrected chi connectivity index (χ4v) is 4.21. The second kappa shape index (κ2) is 8.15. The molecule has 2 aromatic heterocycles. The Hall–Kier alpha value is -3.90. The number of fused-ring (bicyclic) bond motifs is 1. The van der Waals surface area contributed by atoms with Crippen molar-refractivity contribution in [2.45, 2.75) is 25.1 Å². The number of carbonyl (C=O) groups excluding carboxylic acids is 1. The van der Waals surface area contributed by atoms with Crippen molar-refractivity contribution in [2.24, 2.45) is 5.92 Å². The second-order valence-electron chi connectivity index (χ2n) is 8.43. The smallest absolute Gasteiger partial charge is 0.416 e. The Morgan fingerprint density at radius 2 is 2.06 bits per heavy atom. The molecule has 10 nitrogen and oxygen atoms in total. The van der Waals surface area contributed by atoms with Gasteiger partial charge >= 0.3 is 12.1 Å². The molecule has 3 aromatic rings. The molecule has 1 amide bonds. The molecule has 0 bridgehead atoms. The number of carboxylic acid groups (broad SMARTS) is 1. The molecule has 1 atom stereocenters. The Labute approximate surface area is 190 Å². The molecule has 2 fully saturated rings. The van der Waals surface area contributed by atoms with Crippen LogP contribution in [0.2, 0.25) is 0 Å². The maximum atomic E-state index is 13.2. The number of aliphatic carboxylic acids is 1. The number of hydrogen-bond donors (Lipinski definition) is 3. The van der Waals surface area contributed by atoms with Crippen molar-refractivity contribution in [1.82, 2.24) is 25.1 Å². The first kappa shape index (κ1) is 21.9. The van der Waals surface area contributed by atoms with Crippen molar-refractivity contribution in [3.63, 3.8) is 0 Å². The van der Waals surface area contributed by atoms with E-state index in [1.807, 2.05) is 4.90 Å². The molecule has 1 aromatic carbocycles. The van der Waals surface area contributed by atoms with E-state index in [-0.39, 0.29) is 42.3 Å². The molecule has 34 heavy (non-hydrogen) atoms. The molecule has 4 heterocycles. The van der Waals surface area contributed by atoms with Gasteiger partial charge in [0.15, 0.2) is 5.65 Å². The van der Waals surface area contributed by atoms with E-state index in [4.69, 9.17) is 5.11 Å². The number of nitrogens with zero attached hydrogens (tertiary/aromatic N) is 5. The van der Waals surface area contributed by atoms with Gasteiger partial charge < -0.3 is 20.6 Å². The van der Waals surface area contributed by atoms with Gasteiger partial charge in [-0.05, 0) is 18.2 Å². The van der Waals surface area contributed by atoms with Gasteiger partial charge in [0, 0.05) is 32.0 Å². The lowest BCUT2D eigenvalue weighted by Crippen LogP contribution is -2.48. The zero-order chi connectivity index (χ0) is 24.0. The fraction of sp³-hybridized carbons (Fsp3) is 0.381. The lowest BCUT2D eigenvalue weighted by molar-refractivity contribution is -0.138. The van der Waals surface area contributed by atoms with Crippen molar-refractivity contribution in [1.29, 1.82) is 0 Å². The number of rotatable bonds is 6. The van der Waals surface area contributed by atoms with Crippen LogP contribution in [0.3, 0.4) is 0 Å². The largest absolute Gasteiger partial charge is 0.481 e. The average Bonchev–Trinajstić information content (AvgIpc) is 3.35. The van der Waals surface area contributed by atoms with Crippen LogP contribution in [0, 0.1) is 5.92 Å². The summed E-state index contributed by atoms with van der Waals surface area (Å²) >= 11 is 0. The van der Waals surface area contributed by atoms with Gasteiger partial charge in [0.25, 0.3) is 0 Å². The van der Waals surface area contributed by atoms with E-state index >= 15 is 0 Å². The topological polar surface area (TPSA) is 125 Å². The summed E-state index contributed by atoms with van der Waals surface area (Å²) in [6.07, 6.45) is -2.74. The van der Waals surface area contributed by atoms with Gasteiger partial charge in [0.1, 0.15) is 5.82 Å². The summed E-state index contributed by atoms with van der Waals surface area (Å²) in [5.74, 6) is -0.305. The average molecular weight is 475 g/mol. The summed E-state index contributed by atoms with van der Waals surface area (Å²) in [7, 11) is 0. The van der Waals surface area contributed by atoms with Gasteiger partial charge in [-0.25, -0.2) is 4.68 Å². The first-order valence-electron chi connectivity index (χ1n) is 10.6. The van der Waals surface area contributed by atoms with Crippen LogP contribution in [-0.4, -0.2) is 62.4 Å². The van der Waals surface area contributed by atoms with Crippen molar-refractivity contribution in [3.05, 3.63) is 36.0 Å². The van der Waals surface area contributed by atoms with Crippen LogP contribution in [0.15, 0.2) is 30.5 Å². The molecule has 5 rings (SSSR count). The van der Waals surface area contributed by atoms with Gasteiger partial charge in [-0.1, -0.05) is 6.07 Å². The molecule has 0 aliphatic carbocycles. The van der Waals surface area contributed by atoms with Crippen LogP contribution in [0.4, 0.5) is 24.9 Å². The molecule has 0 unspecified atom stereocenters. The molecule has 178 valence electrons. The minimum atomic E-state index is -4.51. The Morgan fingerprint density at radius 3 is 2.74 bits per heavy atom. The summed E-state index contributed by atoms with van der Waals surface area (Å²) in [5, 5.41) is 19.7. The van der Waals surface area contributed by atoms with Crippen LogP contribution in [0.1, 0.15) is 18.4 Å². The molecule has 0 radical (unpaired) electrons. The molecule has 2 saturated heterocycles. The third-order valence-corrected chi connectivity index (χ3v) is 5.86. The van der Waals surface area contributed by atoms with Crippen LogP contribution in [0.5, 0.6) is 0 Å². The zero-order valence-electron chi connectivity index (χ0n) is 17.7. The highest BCUT2D eigenvalue weighted by molar-refractivity contribution is 5.89. The Kier molecular flexibility index (Phi) is 5.25. The van der Waals surface area contributed by atoms with E-state index in [0.29, 0.717) is 36.5 Å². The van der Waals surface area contributed by atoms with E-state index in [1.165, 1.54) is 23.0 Å². The van der Waals surface area contributed by atoms with E-state index in [0.717, 1.165) is 12.1 Å². The first-order chi connectivity index (χ1) is 16.2.